The summed E-state index contributed by atoms with van der Waals surface area (Å²) in [6.45, 7) is 5.06. The number of carbonyl (C=O) groups is 2. The van der Waals surface area contributed by atoms with Crippen LogP contribution in [0.5, 0.6) is 11.5 Å². The Labute approximate surface area is 155 Å². The van der Waals surface area contributed by atoms with E-state index >= 15 is 0 Å². The van der Waals surface area contributed by atoms with Crippen molar-refractivity contribution in [2.45, 2.75) is 26.3 Å². The third kappa shape index (κ3) is 3.08. The molecule has 6 nitrogen and oxygen atoms in total. The van der Waals surface area contributed by atoms with Gasteiger partial charge in [0.15, 0.2) is 23.8 Å². The number of ether oxygens (including phenoxy) is 2. The van der Waals surface area contributed by atoms with E-state index in [-0.39, 0.29) is 18.5 Å². The second kappa shape index (κ2) is 6.74. The van der Waals surface area contributed by atoms with Gasteiger partial charge in [-0.15, -0.1) is 11.3 Å². The number of rotatable bonds is 4. The molecule has 0 aliphatic carbocycles. The molecule has 1 amide bonds. The first kappa shape index (κ1) is 17.1. The van der Waals surface area contributed by atoms with Crippen molar-refractivity contribution in [3.05, 3.63) is 39.6 Å². The predicted octanol–water partition coefficient (Wildman–Crippen LogP) is 1.82. The normalized spacial score (nSPS) is 20.5. The molecule has 1 unspecified atom stereocenters. The first-order valence-corrected chi connectivity index (χ1v) is 9.56. The number of amides is 1. The minimum Gasteiger partial charge on any atom is -0.454 e. The molecule has 2 aliphatic rings. The lowest BCUT2D eigenvalue weighted by Gasteiger charge is -2.30. The van der Waals surface area contributed by atoms with Crippen molar-refractivity contribution in [3.63, 3.8) is 0 Å². The van der Waals surface area contributed by atoms with Crippen LogP contribution in [-0.4, -0.2) is 31.6 Å². The molecule has 0 radical (unpaired) electrons. The number of Topliss-reactive ketones (excluding diaryl/α,β-unsaturated/α-hetero) is 1. The van der Waals surface area contributed by atoms with Gasteiger partial charge in [-0.25, -0.2) is 0 Å². The van der Waals surface area contributed by atoms with Crippen molar-refractivity contribution < 1.29 is 24.0 Å². The topological polar surface area (TPSA) is 69.1 Å². The molecule has 0 saturated heterocycles. The van der Waals surface area contributed by atoms with E-state index < -0.39 is 0 Å². The van der Waals surface area contributed by atoms with Crippen molar-refractivity contribution in [1.29, 1.82) is 0 Å². The largest absolute Gasteiger partial charge is 0.454 e. The maximum absolute atomic E-state index is 12.6. The number of fused-ring (bicyclic) bond motifs is 2. The molecule has 3 heterocycles. The second-order valence-electron chi connectivity index (χ2n) is 6.71. The Morgan fingerprint density at radius 2 is 2.08 bits per heavy atom. The van der Waals surface area contributed by atoms with E-state index in [4.69, 9.17) is 9.47 Å². The lowest BCUT2D eigenvalue weighted by molar-refractivity contribution is -0.923. The summed E-state index contributed by atoms with van der Waals surface area (Å²) in [7, 11) is 0. The molecule has 2 aliphatic heterocycles. The van der Waals surface area contributed by atoms with E-state index in [0.717, 1.165) is 13.0 Å². The molecule has 0 saturated carbocycles. The molecular weight excluding hydrogens is 352 g/mol. The first-order chi connectivity index (χ1) is 12.5. The van der Waals surface area contributed by atoms with Crippen LogP contribution in [-0.2, 0) is 11.2 Å². The van der Waals surface area contributed by atoms with Gasteiger partial charge in [0.2, 0.25) is 6.79 Å². The molecule has 0 fully saturated rings. The Bertz CT molecular complexity index is 876. The Hall–Kier alpha value is -2.38. The lowest BCUT2D eigenvalue weighted by Crippen LogP contribution is -3.14. The zero-order chi connectivity index (χ0) is 18.3. The lowest BCUT2D eigenvalue weighted by atomic mass is 10.0. The minimum absolute atomic E-state index is 0.105. The van der Waals surface area contributed by atoms with Crippen LogP contribution in [0, 0.1) is 0 Å². The SMILES string of the molecule is CC(=O)c1cc2c(cc1NC(=O)C[NH+]1CCc3sccc3[C@@H]1C)OCO2. The summed E-state index contributed by atoms with van der Waals surface area (Å²) in [5.74, 6) is 0.854. The highest BCUT2D eigenvalue weighted by atomic mass is 32.1. The molecule has 2 N–H and O–H groups in total. The third-order valence-electron chi connectivity index (χ3n) is 5.09. The molecule has 0 bridgehead atoms. The van der Waals surface area contributed by atoms with Crippen molar-refractivity contribution in [2.24, 2.45) is 0 Å². The molecule has 1 aromatic carbocycles. The molecule has 1 aromatic heterocycles. The summed E-state index contributed by atoms with van der Waals surface area (Å²) < 4.78 is 10.7. The van der Waals surface area contributed by atoms with E-state index in [2.05, 4.69) is 23.7 Å². The summed E-state index contributed by atoms with van der Waals surface area (Å²) in [6, 6.07) is 5.75. The van der Waals surface area contributed by atoms with Gasteiger partial charge in [-0.05, 0) is 31.4 Å². The van der Waals surface area contributed by atoms with Crippen molar-refractivity contribution >= 4 is 28.7 Å². The molecular formula is C19H21N2O4S+. The van der Waals surface area contributed by atoms with Crippen molar-refractivity contribution in [1.82, 2.24) is 0 Å². The Balaban J connectivity index is 1.50. The number of carbonyl (C=O) groups excluding carboxylic acids is 2. The summed E-state index contributed by atoms with van der Waals surface area (Å²) >= 11 is 1.79. The van der Waals surface area contributed by atoms with Crippen LogP contribution in [0.3, 0.4) is 0 Å². The summed E-state index contributed by atoms with van der Waals surface area (Å²) in [5, 5.41) is 5.01. The number of anilines is 1. The van der Waals surface area contributed by atoms with E-state index in [1.807, 2.05) is 0 Å². The monoisotopic (exact) mass is 373 g/mol. The molecule has 0 spiro atoms. The zero-order valence-electron chi connectivity index (χ0n) is 14.8. The van der Waals surface area contributed by atoms with Gasteiger partial charge >= 0.3 is 0 Å². The van der Waals surface area contributed by atoms with E-state index in [0.29, 0.717) is 35.3 Å². The van der Waals surface area contributed by atoms with Crippen LogP contribution >= 0.6 is 11.3 Å². The molecule has 2 atom stereocenters. The van der Waals surface area contributed by atoms with Crippen molar-refractivity contribution in [3.8, 4) is 11.5 Å². The summed E-state index contributed by atoms with van der Waals surface area (Å²) in [5.41, 5.74) is 2.26. The number of thiophene rings is 1. The Morgan fingerprint density at radius 3 is 2.85 bits per heavy atom. The number of hydrogen-bond acceptors (Lipinski definition) is 5. The minimum atomic E-state index is -0.125. The van der Waals surface area contributed by atoms with Gasteiger partial charge in [-0.1, -0.05) is 0 Å². The summed E-state index contributed by atoms with van der Waals surface area (Å²) in [6.07, 6.45) is 1.00. The molecule has 26 heavy (non-hydrogen) atoms. The van der Waals surface area contributed by atoms with Crippen LogP contribution in [0.2, 0.25) is 0 Å². The predicted molar refractivity (Wildman–Crippen MR) is 98.3 cm³/mol. The first-order valence-electron chi connectivity index (χ1n) is 8.68. The van der Waals surface area contributed by atoms with Gasteiger partial charge in [0.1, 0.15) is 6.04 Å². The van der Waals surface area contributed by atoms with Crippen LogP contribution in [0.15, 0.2) is 23.6 Å². The van der Waals surface area contributed by atoms with Crippen LogP contribution < -0.4 is 19.7 Å². The highest BCUT2D eigenvalue weighted by Crippen LogP contribution is 2.37. The van der Waals surface area contributed by atoms with E-state index in [9.17, 15) is 9.59 Å². The van der Waals surface area contributed by atoms with Gasteiger partial charge < -0.3 is 19.7 Å². The van der Waals surface area contributed by atoms with Crippen LogP contribution in [0.1, 0.15) is 40.7 Å². The maximum atomic E-state index is 12.6. The van der Waals surface area contributed by atoms with Crippen LogP contribution in [0.4, 0.5) is 5.69 Å². The van der Waals surface area contributed by atoms with Gasteiger partial charge in [0.05, 0.1) is 12.2 Å². The average Bonchev–Trinajstić information content (AvgIpc) is 3.25. The fourth-order valence-corrected chi connectivity index (χ4v) is 4.61. The quantitative estimate of drug-likeness (QED) is 0.803. The van der Waals surface area contributed by atoms with Crippen molar-refractivity contribution in [2.75, 3.05) is 25.2 Å². The zero-order valence-corrected chi connectivity index (χ0v) is 15.6. The number of benzene rings is 1. The van der Waals surface area contributed by atoms with E-state index in [1.165, 1.54) is 22.3 Å². The molecule has 2 aromatic rings. The Kier molecular flexibility index (Phi) is 4.42. The average molecular weight is 373 g/mol. The summed E-state index contributed by atoms with van der Waals surface area (Å²) in [4.78, 5) is 27.2. The highest BCUT2D eigenvalue weighted by Gasteiger charge is 2.30. The van der Waals surface area contributed by atoms with Gasteiger partial charge in [-0.3, -0.25) is 9.59 Å². The number of nitrogens with one attached hydrogen (secondary N) is 2. The third-order valence-corrected chi connectivity index (χ3v) is 6.08. The van der Waals surface area contributed by atoms with E-state index in [1.54, 1.807) is 23.5 Å². The van der Waals surface area contributed by atoms with Gasteiger partial charge in [0, 0.05) is 28.5 Å². The molecule has 136 valence electrons. The maximum Gasteiger partial charge on any atom is 0.279 e. The Morgan fingerprint density at radius 1 is 1.31 bits per heavy atom. The molecule has 4 rings (SSSR count). The number of hydrogen-bond donors (Lipinski definition) is 2. The smallest absolute Gasteiger partial charge is 0.279 e. The van der Waals surface area contributed by atoms with Gasteiger partial charge in [-0.2, -0.15) is 0 Å². The number of quaternary nitrogens is 1. The molecule has 7 heteroatoms. The fourth-order valence-electron chi connectivity index (χ4n) is 3.63. The van der Waals surface area contributed by atoms with Crippen LogP contribution in [0.25, 0.3) is 0 Å². The second-order valence-corrected chi connectivity index (χ2v) is 7.71. The fraction of sp³-hybridized carbons (Fsp3) is 0.368. The van der Waals surface area contributed by atoms with Gasteiger partial charge in [0.25, 0.3) is 5.91 Å². The standard InChI is InChI=1S/C19H20N2O4S/c1-11-13-4-6-26-18(13)3-5-21(11)9-19(23)20-15-8-17-16(24-10-25-17)7-14(15)12(2)22/h4,6-8,11H,3,5,9-10H2,1-2H3,(H,20,23)/p+1/t11-/m0/s1. The highest BCUT2D eigenvalue weighted by molar-refractivity contribution is 7.10. The number of ketones is 1.